The lowest BCUT2D eigenvalue weighted by atomic mass is 9.89. The van der Waals surface area contributed by atoms with Crippen molar-refractivity contribution in [2.24, 2.45) is 0 Å². The molecule has 1 aromatic rings. The zero-order valence-electron chi connectivity index (χ0n) is 10.5. The van der Waals surface area contributed by atoms with Crippen LogP contribution in [0.3, 0.4) is 0 Å². The smallest absolute Gasteiger partial charge is 0.126 e. The summed E-state index contributed by atoms with van der Waals surface area (Å²) in [6.45, 7) is 5.17. The Morgan fingerprint density at radius 2 is 2.18 bits per heavy atom. The number of halogens is 1. The topological polar surface area (TPSA) is 21.3 Å². The van der Waals surface area contributed by atoms with Gasteiger partial charge in [0.25, 0.3) is 0 Å². The van der Waals surface area contributed by atoms with E-state index in [0.29, 0.717) is 11.8 Å². The van der Waals surface area contributed by atoms with Crippen molar-refractivity contribution in [1.29, 1.82) is 0 Å². The number of nitrogens with one attached hydrogen (secondary N) is 1. The van der Waals surface area contributed by atoms with Gasteiger partial charge in [0.1, 0.15) is 17.7 Å². The Hall–Kier alpha value is -1.09. The van der Waals surface area contributed by atoms with E-state index in [2.05, 4.69) is 12.2 Å². The fraction of sp³-hybridized carbons (Fsp3) is 0.571. The Morgan fingerprint density at radius 1 is 1.41 bits per heavy atom. The van der Waals surface area contributed by atoms with Crippen LogP contribution in [0.1, 0.15) is 31.7 Å². The number of ether oxygens (including phenoxy) is 1. The molecule has 0 atom stereocenters. The minimum Gasteiger partial charge on any atom is -0.490 e. The maximum atomic E-state index is 13.1. The molecule has 2 rings (SSSR count). The van der Waals surface area contributed by atoms with Crippen LogP contribution in [0, 0.1) is 12.7 Å². The molecule has 1 saturated carbocycles. The van der Waals surface area contributed by atoms with Gasteiger partial charge in [-0.05, 0) is 44.4 Å². The summed E-state index contributed by atoms with van der Waals surface area (Å²) >= 11 is 0. The third-order valence-electron chi connectivity index (χ3n) is 3.22. The number of aryl methyl sites for hydroxylation is 1. The van der Waals surface area contributed by atoms with Crippen LogP contribution in [-0.4, -0.2) is 18.7 Å². The summed E-state index contributed by atoms with van der Waals surface area (Å²) < 4.78 is 18.9. The molecular formula is C14H20FNO. The van der Waals surface area contributed by atoms with Crippen LogP contribution in [0.25, 0.3) is 0 Å². The molecule has 1 aromatic carbocycles. The second-order valence-corrected chi connectivity index (χ2v) is 4.77. The first-order valence-corrected chi connectivity index (χ1v) is 6.35. The highest BCUT2D eigenvalue weighted by Crippen LogP contribution is 2.28. The second-order valence-electron chi connectivity index (χ2n) is 4.77. The first-order valence-electron chi connectivity index (χ1n) is 6.35. The lowest BCUT2D eigenvalue weighted by Gasteiger charge is -2.36. The highest BCUT2D eigenvalue weighted by atomic mass is 19.1. The summed E-state index contributed by atoms with van der Waals surface area (Å²) in [5.41, 5.74) is 0.997. The third kappa shape index (κ3) is 3.19. The number of hydrogen-bond acceptors (Lipinski definition) is 2. The van der Waals surface area contributed by atoms with Gasteiger partial charge in [0.15, 0.2) is 0 Å². The summed E-state index contributed by atoms with van der Waals surface area (Å²) in [5.74, 6) is 0.453. The maximum absolute atomic E-state index is 13.1. The van der Waals surface area contributed by atoms with Crippen molar-refractivity contribution in [3.05, 3.63) is 29.6 Å². The van der Waals surface area contributed by atoms with Crippen LogP contribution in [0.15, 0.2) is 18.2 Å². The molecule has 0 radical (unpaired) electrons. The Bertz CT molecular complexity index is 374. The summed E-state index contributed by atoms with van der Waals surface area (Å²) in [5, 5.41) is 3.46. The summed E-state index contributed by atoms with van der Waals surface area (Å²) in [6.07, 6.45) is 3.45. The van der Waals surface area contributed by atoms with Gasteiger partial charge >= 0.3 is 0 Å². The van der Waals surface area contributed by atoms with E-state index in [1.165, 1.54) is 12.1 Å². The molecular weight excluding hydrogens is 217 g/mol. The molecule has 0 aromatic heterocycles. The highest BCUT2D eigenvalue weighted by Gasteiger charge is 2.30. The molecule has 0 spiro atoms. The summed E-state index contributed by atoms with van der Waals surface area (Å²) in [6, 6.07) is 5.28. The summed E-state index contributed by atoms with van der Waals surface area (Å²) in [4.78, 5) is 0. The fourth-order valence-corrected chi connectivity index (χ4v) is 2.06. The lowest BCUT2D eigenvalue weighted by molar-refractivity contribution is 0.0842. The highest BCUT2D eigenvalue weighted by molar-refractivity contribution is 5.33. The van der Waals surface area contributed by atoms with Crippen LogP contribution in [0.4, 0.5) is 4.39 Å². The van der Waals surface area contributed by atoms with Crippen LogP contribution in [-0.2, 0) is 0 Å². The SMILES string of the molecule is CCCNC1CC(Oc2cc(F)ccc2C)C1. The zero-order chi connectivity index (χ0) is 12.3. The van der Waals surface area contributed by atoms with E-state index in [1.807, 2.05) is 6.92 Å². The molecule has 0 aliphatic heterocycles. The van der Waals surface area contributed by atoms with Crippen LogP contribution < -0.4 is 10.1 Å². The van der Waals surface area contributed by atoms with Gasteiger partial charge in [-0.25, -0.2) is 4.39 Å². The molecule has 1 aliphatic rings. The van der Waals surface area contributed by atoms with E-state index >= 15 is 0 Å². The van der Waals surface area contributed by atoms with Crippen molar-refractivity contribution in [1.82, 2.24) is 5.32 Å². The van der Waals surface area contributed by atoms with Gasteiger partial charge in [0, 0.05) is 12.1 Å². The van der Waals surface area contributed by atoms with E-state index in [1.54, 1.807) is 6.07 Å². The molecule has 1 aliphatic carbocycles. The van der Waals surface area contributed by atoms with Gasteiger partial charge in [-0.3, -0.25) is 0 Å². The predicted octanol–water partition coefficient (Wildman–Crippen LogP) is 3.04. The van der Waals surface area contributed by atoms with Crippen molar-refractivity contribution in [3.8, 4) is 5.75 Å². The minimum absolute atomic E-state index is 0.231. The molecule has 94 valence electrons. The van der Waals surface area contributed by atoms with Crippen molar-refractivity contribution >= 4 is 0 Å². The monoisotopic (exact) mass is 237 g/mol. The largest absolute Gasteiger partial charge is 0.490 e. The van der Waals surface area contributed by atoms with E-state index in [-0.39, 0.29) is 11.9 Å². The van der Waals surface area contributed by atoms with Crippen LogP contribution >= 0.6 is 0 Å². The molecule has 2 nitrogen and oxygen atoms in total. The summed E-state index contributed by atoms with van der Waals surface area (Å²) in [7, 11) is 0. The molecule has 0 saturated heterocycles. The molecule has 0 amide bonds. The molecule has 0 unspecified atom stereocenters. The first kappa shape index (κ1) is 12.4. The van der Waals surface area contributed by atoms with Crippen molar-refractivity contribution in [3.63, 3.8) is 0 Å². The third-order valence-corrected chi connectivity index (χ3v) is 3.22. The van der Waals surface area contributed by atoms with Crippen molar-refractivity contribution in [2.75, 3.05) is 6.54 Å². The van der Waals surface area contributed by atoms with Gasteiger partial charge in [-0.2, -0.15) is 0 Å². The van der Waals surface area contributed by atoms with E-state index in [4.69, 9.17) is 4.74 Å². The molecule has 1 N–H and O–H groups in total. The fourth-order valence-electron chi connectivity index (χ4n) is 2.06. The Labute approximate surface area is 102 Å². The van der Waals surface area contributed by atoms with Gasteiger partial charge in [0.05, 0.1) is 0 Å². The molecule has 3 heteroatoms. The van der Waals surface area contributed by atoms with E-state index in [0.717, 1.165) is 31.4 Å². The van der Waals surface area contributed by atoms with Gasteiger partial charge in [-0.1, -0.05) is 13.0 Å². The number of benzene rings is 1. The molecule has 17 heavy (non-hydrogen) atoms. The van der Waals surface area contributed by atoms with E-state index in [9.17, 15) is 4.39 Å². The average Bonchev–Trinajstić information content (AvgIpc) is 2.26. The molecule has 1 fully saturated rings. The quantitative estimate of drug-likeness (QED) is 0.850. The van der Waals surface area contributed by atoms with Gasteiger partial charge in [-0.15, -0.1) is 0 Å². The number of hydrogen-bond donors (Lipinski definition) is 1. The zero-order valence-corrected chi connectivity index (χ0v) is 10.5. The van der Waals surface area contributed by atoms with E-state index < -0.39 is 0 Å². The lowest BCUT2D eigenvalue weighted by Crippen LogP contribution is -2.47. The van der Waals surface area contributed by atoms with Crippen LogP contribution in [0.2, 0.25) is 0 Å². The van der Waals surface area contributed by atoms with Crippen molar-refractivity contribution in [2.45, 2.75) is 45.3 Å². The van der Waals surface area contributed by atoms with Crippen molar-refractivity contribution < 1.29 is 9.13 Å². The Balaban J connectivity index is 1.81. The average molecular weight is 237 g/mol. The minimum atomic E-state index is -0.231. The molecule has 0 heterocycles. The Kier molecular flexibility index (Phi) is 4.00. The van der Waals surface area contributed by atoms with Gasteiger partial charge < -0.3 is 10.1 Å². The first-order chi connectivity index (χ1) is 8.19. The maximum Gasteiger partial charge on any atom is 0.126 e. The number of rotatable bonds is 5. The molecule has 0 bridgehead atoms. The van der Waals surface area contributed by atoms with Crippen LogP contribution in [0.5, 0.6) is 5.75 Å². The Morgan fingerprint density at radius 3 is 2.88 bits per heavy atom. The second kappa shape index (κ2) is 5.50. The normalized spacial score (nSPS) is 23.2. The van der Waals surface area contributed by atoms with Gasteiger partial charge in [0.2, 0.25) is 0 Å². The predicted molar refractivity (Wildman–Crippen MR) is 66.9 cm³/mol. The standard InChI is InChI=1S/C14H20FNO/c1-3-6-16-12-8-13(9-12)17-14-7-11(15)5-4-10(14)2/h4-5,7,12-13,16H,3,6,8-9H2,1-2H3.